The molecule has 0 spiro atoms. The highest BCUT2D eigenvalue weighted by atomic mass is 16.5. The average Bonchev–Trinajstić information content (AvgIpc) is 2.37. The van der Waals surface area contributed by atoms with Crippen molar-refractivity contribution in [3.63, 3.8) is 0 Å². The summed E-state index contributed by atoms with van der Waals surface area (Å²) in [6, 6.07) is 7.98. The molecular formula is C15H23N3O. The molecule has 1 aromatic rings. The van der Waals surface area contributed by atoms with E-state index < -0.39 is 0 Å². The van der Waals surface area contributed by atoms with E-state index in [0.717, 1.165) is 17.3 Å². The lowest BCUT2D eigenvalue weighted by atomic mass is 10.2. The second kappa shape index (κ2) is 7.46. The predicted molar refractivity (Wildman–Crippen MR) is 80.6 cm³/mol. The highest BCUT2D eigenvalue weighted by Crippen LogP contribution is 2.13. The Kier molecular flexibility index (Phi) is 5.93. The van der Waals surface area contributed by atoms with Crippen LogP contribution in [0.15, 0.2) is 41.9 Å². The summed E-state index contributed by atoms with van der Waals surface area (Å²) in [4.78, 5) is 8.60. The molecule has 1 aromatic carbocycles. The number of guanidine groups is 1. The Morgan fingerprint density at radius 1 is 1.16 bits per heavy atom. The molecule has 0 saturated carbocycles. The van der Waals surface area contributed by atoms with Crippen LogP contribution < -0.4 is 4.74 Å². The first-order chi connectivity index (χ1) is 9.04. The van der Waals surface area contributed by atoms with Crippen molar-refractivity contribution in [2.45, 2.75) is 6.54 Å². The molecule has 0 aliphatic carbocycles. The molecule has 0 atom stereocenters. The van der Waals surface area contributed by atoms with Crippen molar-refractivity contribution in [1.29, 1.82) is 0 Å². The van der Waals surface area contributed by atoms with Crippen LogP contribution >= 0.6 is 0 Å². The smallest absolute Gasteiger partial charge is 0.195 e. The average molecular weight is 261 g/mol. The van der Waals surface area contributed by atoms with Crippen LogP contribution in [0.25, 0.3) is 0 Å². The van der Waals surface area contributed by atoms with Crippen LogP contribution in [0.4, 0.5) is 0 Å². The molecule has 1 rings (SSSR count). The highest BCUT2D eigenvalue weighted by Gasteiger charge is 2.03. The van der Waals surface area contributed by atoms with Crippen LogP contribution in [-0.4, -0.2) is 50.6 Å². The van der Waals surface area contributed by atoms with E-state index in [1.54, 1.807) is 6.08 Å². The number of ether oxygens (including phenoxy) is 1. The standard InChI is InChI=1S/C15H23N3O/c1-6-11-19-14-9-7-13(8-10-14)12-16-15(17(2)3)18(4)5/h6-10H,1,11-12H2,2-5H3. The molecule has 0 aliphatic rings. The lowest BCUT2D eigenvalue weighted by molar-refractivity contribution is 0.363. The third-order valence-corrected chi connectivity index (χ3v) is 2.49. The summed E-state index contributed by atoms with van der Waals surface area (Å²) >= 11 is 0. The van der Waals surface area contributed by atoms with Gasteiger partial charge < -0.3 is 14.5 Å². The molecule has 19 heavy (non-hydrogen) atoms. The molecule has 0 unspecified atom stereocenters. The molecule has 0 N–H and O–H groups in total. The van der Waals surface area contributed by atoms with Gasteiger partial charge in [-0.05, 0) is 17.7 Å². The summed E-state index contributed by atoms with van der Waals surface area (Å²) in [5.41, 5.74) is 1.16. The fourth-order valence-corrected chi connectivity index (χ4v) is 1.69. The van der Waals surface area contributed by atoms with Gasteiger partial charge in [-0.2, -0.15) is 0 Å². The van der Waals surface area contributed by atoms with E-state index in [1.165, 1.54) is 0 Å². The largest absolute Gasteiger partial charge is 0.490 e. The van der Waals surface area contributed by atoms with Gasteiger partial charge in [0.15, 0.2) is 5.96 Å². The first kappa shape index (κ1) is 15.1. The molecule has 0 saturated heterocycles. The first-order valence-electron chi connectivity index (χ1n) is 6.26. The van der Waals surface area contributed by atoms with E-state index in [1.807, 2.05) is 62.3 Å². The van der Waals surface area contributed by atoms with Gasteiger partial charge in [0.05, 0.1) is 6.54 Å². The zero-order valence-corrected chi connectivity index (χ0v) is 12.3. The van der Waals surface area contributed by atoms with E-state index in [-0.39, 0.29) is 0 Å². The van der Waals surface area contributed by atoms with Crippen molar-refractivity contribution in [2.75, 3.05) is 34.8 Å². The van der Waals surface area contributed by atoms with Crippen LogP contribution in [0, 0.1) is 0 Å². The predicted octanol–water partition coefficient (Wildman–Crippen LogP) is 2.23. The summed E-state index contributed by atoms with van der Waals surface area (Å²) in [6.45, 7) is 4.81. The minimum absolute atomic E-state index is 0.531. The van der Waals surface area contributed by atoms with Crippen molar-refractivity contribution < 1.29 is 4.74 Å². The Balaban J connectivity index is 2.66. The lowest BCUT2D eigenvalue weighted by Crippen LogP contribution is -2.35. The monoisotopic (exact) mass is 261 g/mol. The maximum Gasteiger partial charge on any atom is 0.195 e. The van der Waals surface area contributed by atoms with E-state index in [4.69, 9.17) is 4.74 Å². The topological polar surface area (TPSA) is 28.1 Å². The summed E-state index contributed by atoms with van der Waals surface area (Å²) < 4.78 is 5.44. The second-order valence-electron chi connectivity index (χ2n) is 4.65. The molecule has 0 aromatic heterocycles. The van der Waals surface area contributed by atoms with Crippen LogP contribution in [0.3, 0.4) is 0 Å². The lowest BCUT2D eigenvalue weighted by Gasteiger charge is -2.22. The van der Waals surface area contributed by atoms with Crippen LogP contribution in [0.2, 0.25) is 0 Å². The third-order valence-electron chi connectivity index (χ3n) is 2.49. The number of hydrogen-bond acceptors (Lipinski definition) is 2. The third kappa shape index (κ3) is 5.04. The number of nitrogens with zero attached hydrogens (tertiary/aromatic N) is 3. The van der Waals surface area contributed by atoms with Gasteiger partial charge in [0.2, 0.25) is 0 Å². The second-order valence-corrected chi connectivity index (χ2v) is 4.65. The van der Waals surface area contributed by atoms with Crippen LogP contribution in [-0.2, 0) is 6.54 Å². The minimum atomic E-state index is 0.531. The summed E-state index contributed by atoms with van der Waals surface area (Å²) in [6.07, 6.45) is 1.73. The van der Waals surface area contributed by atoms with Crippen molar-refractivity contribution in [3.8, 4) is 5.75 Å². The van der Waals surface area contributed by atoms with E-state index in [9.17, 15) is 0 Å². The Labute approximate surface area is 116 Å². The van der Waals surface area contributed by atoms with E-state index in [2.05, 4.69) is 11.6 Å². The van der Waals surface area contributed by atoms with Crippen molar-refractivity contribution in [3.05, 3.63) is 42.5 Å². The molecule has 4 heteroatoms. The van der Waals surface area contributed by atoms with Gasteiger partial charge in [-0.25, -0.2) is 4.99 Å². The molecule has 104 valence electrons. The summed E-state index contributed by atoms with van der Waals surface area (Å²) in [5.74, 6) is 1.81. The highest BCUT2D eigenvalue weighted by molar-refractivity contribution is 5.79. The molecule has 0 radical (unpaired) electrons. The van der Waals surface area contributed by atoms with Crippen molar-refractivity contribution in [2.24, 2.45) is 4.99 Å². The van der Waals surface area contributed by atoms with Crippen LogP contribution in [0.1, 0.15) is 5.56 Å². The zero-order valence-electron chi connectivity index (χ0n) is 12.3. The first-order valence-corrected chi connectivity index (χ1v) is 6.26. The zero-order chi connectivity index (χ0) is 14.3. The van der Waals surface area contributed by atoms with Crippen LogP contribution in [0.5, 0.6) is 5.75 Å². The summed E-state index contributed by atoms with van der Waals surface area (Å²) in [7, 11) is 7.96. The van der Waals surface area contributed by atoms with Gasteiger partial charge in [0, 0.05) is 28.2 Å². The van der Waals surface area contributed by atoms with E-state index >= 15 is 0 Å². The quantitative estimate of drug-likeness (QED) is 0.462. The van der Waals surface area contributed by atoms with Crippen molar-refractivity contribution in [1.82, 2.24) is 9.80 Å². The fraction of sp³-hybridized carbons (Fsp3) is 0.400. The maximum absolute atomic E-state index is 5.44. The normalized spacial score (nSPS) is 9.68. The molecule has 0 aliphatic heterocycles. The Morgan fingerprint density at radius 2 is 1.74 bits per heavy atom. The molecular weight excluding hydrogens is 238 g/mol. The van der Waals surface area contributed by atoms with Gasteiger partial charge in [0.1, 0.15) is 12.4 Å². The summed E-state index contributed by atoms with van der Waals surface area (Å²) in [5, 5.41) is 0. The Hall–Kier alpha value is -1.97. The van der Waals surface area contributed by atoms with Gasteiger partial charge in [-0.15, -0.1) is 0 Å². The molecule has 0 fully saturated rings. The maximum atomic E-state index is 5.44. The Morgan fingerprint density at radius 3 is 2.21 bits per heavy atom. The molecule has 0 amide bonds. The van der Waals surface area contributed by atoms with Gasteiger partial charge >= 0.3 is 0 Å². The molecule has 0 bridgehead atoms. The van der Waals surface area contributed by atoms with E-state index in [0.29, 0.717) is 13.2 Å². The SMILES string of the molecule is C=CCOc1ccc(CN=C(N(C)C)N(C)C)cc1. The van der Waals surface area contributed by atoms with Crippen molar-refractivity contribution >= 4 is 5.96 Å². The fourth-order valence-electron chi connectivity index (χ4n) is 1.69. The molecule has 0 heterocycles. The van der Waals surface area contributed by atoms with Gasteiger partial charge in [0.25, 0.3) is 0 Å². The number of aliphatic imine (C=N–C) groups is 1. The number of rotatable bonds is 5. The number of benzene rings is 1. The number of hydrogen-bond donors (Lipinski definition) is 0. The Bertz CT molecular complexity index is 412. The van der Waals surface area contributed by atoms with Gasteiger partial charge in [-0.3, -0.25) is 0 Å². The molecule has 4 nitrogen and oxygen atoms in total. The minimum Gasteiger partial charge on any atom is -0.490 e. The van der Waals surface area contributed by atoms with Gasteiger partial charge in [-0.1, -0.05) is 24.8 Å².